The number of hydrazine groups is 3. The lowest BCUT2D eigenvalue weighted by Gasteiger charge is -2.40. The second-order valence-corrected chi connectivity index (χ2v) is 9.38. The van der Waals surface area contributed by atoms with Gasteiger partial charge in [0.1, 0.15) is 18.1 Å². The molecule has 35 heavy (non-hydrogen) atoms. The Labute approximate surface area is 206 Å². The molecule has 3 aliphatic heterocycles. The third-order valence-electron chi connectivity index (χ3n) is 6.86. The highest BCUT2D eigenvalue weighted by Crippen LogP contribution is 2.32. The van der Waals surface area contributed by atoms with E-state index in [9.17, 15) is 4.79 Å². The van der Waals surface area contributed by atoms with Crippen LogP contribution in [0.15, 0.2) is 46.6 Å². The zero-order valence-corrected chi connectivity index (χ0v) is 20.6. The highest BCUT2D eigenvalue weighted by Gasteiger charge is 2.36. The Morgan fingerprint density at radius 3 is 2.74 bits per heavy atom. The van der Waals surface area contributed by atoms with Crippen LogP contribution in [-0.4, -0.2) is 67.6 Å². The zero-order chi connectivity index (χ0) is 24.4. The largest absolute Gasteiger partial charge is 0.494 e. The molecule has 5 rings (SSSR count). The molecule has 0 radical (unpaired) electrons. The molecule has 1 unspecified atom stereocenters. The number of rotatable bonds is 7. The van der Waals surface area contributed by atoms with Crippen LogP contribution in [0.5, 0.6) is 5.75 Å². The van der Waals surface area contributed by atoms with Gasteiger partial charge >= 0.3 is 0 Å². The quantitative estimate of drug-likeness (QED) is 0.396. The van der Waals surface area contributed by atoms with Crippen LogP contribution in [0.3, 0.4) is 0 Å². The van der Waals surface area contributed by atoms with Crippen molar-refractivity contribution in [3.63, 3.8) is 0 Å². The summed E-state index contributed by atoms with van der Waals surface area (Å²) in [5, 5.41) is 13.3. The Hall–Kier alpha value is -3.60. The predicted octanol–water partition coefficient (Wildman–Crippen LogP) is 1.50. The fourth-order valence-corrected chi connectivity index (χ4v) is 5.06. The van der Waals surface area contributed by atoms with Crippen molar-refractivity contribution in [2.24, 2.45) is 11.0 Å². The smallest absolute Gasteiger partial charge is 0.251 e. The zero-order valence-electron chi connectivity index (χ0n) is 20.6. The molecular weight excluding hydrogens is 446 g/mol. The van der Waals surface area contributed by atoms with Gasteiger partial charge in [-0.2, -0.15) is 5.10 Å². The maximum atomic E-state index is 12.0. The molecule has 11 nitrogen and oxygen atoms in total. The number of ether oxygens (including phenoxy) is 1. The molecule has 1 saturated carbocycles. The van der Waals surface area contributed by atoms with Gasteiger partial charge in [-0.25, -0.2) is 5.43 Å². The van der Waals surface area contributed by atoms with E-state index in [-0.39, 0.29) is 11.8 Å². The fourth-order valence-electron chi connectivity index (χ4n) is 5.06. The summed E-state index contributed by atoms with van der Waals surface area (Å²) in [5.74, 6) is 0.643. The van der Waals surface area contributed by atoms with Gasteiger partial charge in [-0.3, -0.25) is 30.7 Å². The van der Waals surface area contributed by atoms with E-state index in [1.54, 1.807) is 26.3 Å². The van der Waals surface area contributed by atoms with Crippen molar-refractivity contribution in [2.75, 3.05) is 39.8 Å². The van der Waals surface area contributed by atoms with E-state index in [1.807, 2.05) is 29.3 Å². The number of hydrazone groups is 1. The van der Waals surface area contributed by atoms with Gasteiger partial charge in [-0.15, -0.1) is 0 Å². The topological polar surface area (TPSA) is 109 Å². The summed E-state index contributed by atoms with van der Waals surface area (Å²) in [5.41, 5.74) is 18.6. The van der Waals surface area contributed by atoms with Crippen molar-refractivity contribution < 1.29 is 9.53 Å². The molecule has 1 amide bonds. The Bertz CT molecular complexity index is 1050. The minimum absolute atomic E-state index is 0.151. The van der Waals surface area contributed by atoms with Crippen molar-refractivity contribution in [2.45, 2.75) is 38.1 Å². The summed E-state index contributed by atoms with van der Waals surface area (Å²) in [4.78, 5) is 12.0. The van der Waals surface area contributed by atoms with Gasteiger partial charge in [0.25, 0.3) is 5.91 Å². The molecule has 1 aromatic carbocycles. The Morgan fingerprint density at radius 1 is 1.20 bits per heavy atom. The lowest BCUT2D eigenvalue weighted by molar-refractivity contribution is 0.0962. The normalized spacial score (nSPS) is 22.0. The van der Waals surface area contributed by atoms with E-state index in [0.717, 1.165) is 29.3 Å². The van der Waals surface area contributed by atoms with Crippen LogP contribution in [0.4, 0.5) is 5.69 Å². The number of hydrogen-bond acceptors (Lipinski definition) is 10. The Morgan fingerprint density at radius 2 is 2.03 bits per heavy atom. The fraction of sp³-hybridized carbons (Fsp3) is 0.500. The molecular formula is C24H35N9O2. The molecule has 1 aromatic rings. The molecule has 0 spiro atoms. The highest BCUT2D eigenvalue weighted by molar-refractivity contribution is 5.95. The van der Waals surface area contributed by atoms with E-state index in [1.165, 1.54) is 32.1 Å². The summed E-state index contributed by atoms with van der Waals surface area (Å²) in [7, 11) is 5.22. The summed E-state index contributed by atoms with van der Waals surface area (Å²) < 4.78 is 5.58. The lowest BCUT2D eigenvalue weighted by Crippen LogP contribution is -2.52. The van der Waals surface area contributed by atoms with Crippen LogP contribution in [0.2, 0.25) is 0 Å². The number of methoxy groups -OCH3 is 1. The summed E-state index contributed by atoms with van der Waals surface area (Å²) in [6.07, 6.45) is 10.2. The van der Waals surface area contributed by atoms with Crippen LogP contribution in [0.25, 0.3) is 0 Å². The first-order valence-corrected chi connectivity index (χ1v) is 12.3. The standard InChI is InChI=1S/C24H35N9O2/c1-25-24(34)16-9-10-19(21(11-16)35-3)30-32-14-20-23(22(28-27-20)17-12-26-31(2)13-17)33(15-32)29-18-7-5-4-6-8-18/h9-12,14,17-18,27-30H,4-8,13,15H2,1-3H3,(H,25,34). The predicted molar refractivity (Wildman–Crippen MR) is 135 cm³/mol. The number of carbonyl (C=O) groups is 1. The van der Waals surface area contributed by atoms with Crippen LogP contribution >= 0.6 is 0 Å². The minimum Gasteiger partial charge on any atom is -0.494 e. The molecule has 5 N–H and O–H groups in total. The van der Waals surface area contributed by atoms with Crippen LogP contribution in [0, 0.1) is 5.92 Å². The van der Waals surface area contributed by atoms with Gasteiger partial charge in [0, 0.05) is 38.5 Å². The van der Waals surface area contributed by atoms with Crippen LogP contribution < -0.4 is 31.8 Å². The minimum atomic E-state index is -0.151. The number of benzene rings is 1. The van der Waals surface area contributed by atoms with E-state index in [0.29, 0.717) is 24.0 Å². The molecule has 0 aromatic heterocycles. The van der Waals surface area contributed by atoms with E-state index in [2.05, 4.69) is 43.3 Å². The second kappa shape index (κ2) is 9.95. The number of anilines is 1. The van der Waals surface area contributed by atoms with Gasteiger partial charge in [-0.1, -0.05) is 19.3 Å². The maximum Gasteiger partial charge on any atom is 0.251 e. The average Bonchev–Trinajstić information content (AvgIpc) is 3.50. The van der Waals surface area contributed by atoms with Gasteiger partial charge < -0.3 is 15.5 Å². The van der Waals surface area contributed by atoms with Crippen molar-refractivity contribution in [3.8, 4) is 5.75 Å². The van der Waals surface area contributed by atoms with E-state index < -0.39 is 0 Å². The molecule has 11 heteroatoms. The molecule has 1 aliphatic carbocycles. The highest BCUT2D eigenvalue weighted by atomic mass is 16.5. The number of fused-ring (bicyclic) bond motifs is 1. The third-order valence-corrected chi connectivity index (χ3v) is 6.86. The first-order chi connectivity index (χ1) is 17.1. The Balaban J connectivity index is 1.42. The third kappa shape index (κ3) is 4.81. The monoisotopic (exact) mass is 481 g/mol. The molecule has 1 fully saturated rings. The van der Waals surface area contributed by atoms with Gasteiger partial charge in [-0.05, 0) is 31.0 Å². The number of amides is 1. The second-order valence-electron chi connectivity index (χ2n) is 9.38. The molecule has 188 valence electrons. The summed E-state index contributed by atoms with van der Waals surface area (Å²) in [6.45, 7) is 1.43. The Kier molecular flexibility index (Phi) is 6.58. The van der Waals surface area contributed by atoms with Crippen LogP contribution in [-0.2, 0) is 0 Å². The molecule has 0 bridgehead atoms. The van der Waals surface area contributed by atoms with Gasteiger partial charge in [0.2, 0.25) is 0 Å². The number of nitrogens with zero attached hydrogens (tertiary/aromatic N) is 4. The average molecular weight is 482 g/mol. The van der Waals surface area contributed by atoms with Gasteiger partial charge in [0.05, 0.1) is 36.3 Å². The number of nitrogens with one attached hydrogen (secondary N) is 5. The molecule has 0 saturated heterocycles. The molecule has 1 atom stereocenters. The van der Waals surface area contributed by atoms with Crippen LogP contribution in [0.1, 0.15) is 42.5 Å². The maximum absolute atomic E-state index is 12.0. The molecule has 4 aliphatic rings. The van der Waals surface area contributed by atoms with Crippen molar-refractivity contribution in [1.82, 2.24) is 36.6 Å². The first-order valence-electron chi connectivity index (χ1n) is 12.3. The van der Waals surface area contributed by atoms with Crippen molar-refractivity contribution in [3.05, 3.63) is 47.1 Å². The summed E-state index contributed by atoms with van der Waals surface area (Å²) >= 11 is 0. The van der Waals surface area contributed by atoms with E-state index >= 15 is 0 Å². The first kappa shape index (κ1) is 23.2. The number of hydrogen-bond donors (Lipinski definition) is 5. The molecule has 3 heterocycles. The van der Waals surface area contributed by atoms with E-state index in [4.69, 9.17) is 4.74 Å². The number of carbonyl (C=O) groups excluding carboxylic acids is 1. The summed E-state index contributed by atoms with van der Waals surface area (Å²) in [6, 6.07) is 5.84. The van der Waals surface area contributed by atoms with Crippen molar-refractivity contribution in [1.29, 1.82) is 0 Å². The SMILES string of the molecule is CNC(=O)c1ccc(NN2C=C3NNC(C4C=NN(C)C4)=C3N(NC3CCCCC3)C2)c(OC)c1. The lowest BCUT2D eigenvalue weighted by atomic mass is 9.96. The van der Waals surface area contributed by atoms with Crippen molar-refractivity contribution >= 4 is 17.8 Å². The van der Waals surface area contributed by atoms with Gasteiger partial charge in [0.15, 0.2) is 0 Å².